The number of halogens is 1. The molecule has 4 rings (SSSR count). The number of carbonyl (C=O) groups excluding carboxylic acids is 1. The minimum atomic E-state index is -0.0939. The number of hydrogen-bond donors (Lipinski definition) is 3. The Balaban J connectivity index is 0.00000240. The number of carbonyl (C=O) groups is 1. The molecule has 0 bridgehead atoms. The van der Waals surface area contributed by atoms with Gasteiger partial charge in [-0.2, -0.15) is 0 Å². The van der Waals surface area contributed by atoms with Crippen molar-refractivity contribution < 1.29 is 4.79 Å². The van der Waals surface area contributed by atoms with E-state index in [9.17, 15) is 4.79 Å². The fourth-order valence-electron chi connectivity index (χ4n) is 4.34. The minimum absolute atomic E-state index is 0. The molecular weight excluding hydrogens is 384 g/mol. The van der Waals surface area contributed by atoms with Crippen molar-refractivity contribution in [2.45, 2.75) is 44.7 Å². The van der Waals surface area contributed by atoms with Crippen LogP contribution in [0, 0.1) is 6.92 Å². The number of amides is 2. The van der Waals surface area contributed by atoms with Crippen LogP contribution in [0.2, 0.25) is 0 Å². The molecule has 2 atom stereocenters. The number of hydrogen-bond acceptors (Lipinski definition) is 2. The molecule has 1 heterocycles. The zero-order chi connectivity index (χ0) is 19.5. The maximum atomic E-state index is 12.2. The molecule has 0 spiro atoms. The normalized spacial score (nSPS) is 18.4. The Bertz CT molecular complexity index is 970. The molecule has 4 N–H and O–H groups in total. The molecular formula is C23H29ClN4O. The Labute approximate surface area is 178 Å². The van der Waals surface area contributed by atoms with Gasteiger partial charge >= 0.3 is 6.03 Å². The molecule has 2 aromatic carbocycles. The second-order valence-corrected chi connectivity index (χ2v) is 7.67. The van der Waals surface area contributed by atoms with E-state index in [1.807, 2.05) is 6.07 Å². The van der Waals surface area contributed by atoms with E-state index in [4.69, 9.17) is 5.73 Å². The zero-order valence-electron chi connectivity index (χ0n) is 16.7. The van der Waals surface area contributed by atoms with E-state index >= 15 is 0 Å². The van der Waals surface area contributed by atoms with E-state index < -0.39 is 0 Å². The first kappa shape index (κ1) is 21.2. The predicted molar refractivity (Wildman–Crippen MR) is 121 cm³/mol. The lowest BCUT2D eigenvalue weighted by molar-refractivity contribution is 0.237. The molecule has 2 amide bonds. The molecule has 29 heavy (non-hydrogen) atoms. The lowest BCUT2D eigenvalue weighted by Gasteiger charge is -2.13. The lowest BCUT2D eigenvalue weighted by Crippen LogP contribution is -2.42. The number of nitrogens with two attached hydrogens (primary N) is 1. The molecule has 1 saturated carbocycles. The second kappa shape index (κ2) is 9.33. The highest BCUT2D eigenvalue weighted by molar-refractivity contribution is 5.87. The largest absolute Gasteiger partial charge is 0.338 e. The molecule has 1 aliphatic rings. The van der Waals surface area contributed by atoms with Crippen LogP contribution < -0.4 is 16.4 Å². The van der Waals surface area contributed by atoms with Gasteiger partial charge in [0.05, 0.1) is 5.52 Å². The Hall–Kier alpha value is -2.50. The van der Waals surface area contributed by atoms with Crippen LogP contribution in [0.25, 0.3) is 16.6 Å². The van der Waals surface area contributed by atoms with Gasteiger partial charge in [0.15, 0.2) is 0 Å². The van der Waals surface area contributed by atoms with Crippen LogP contribution in [0.3, 0.4) is 0 Å². The summed E-state index contributed by atoms with van der Waals surface area (Å²) in [6.07, 6.45) is 3.63. The number of benzene rings is 2. The van der Waals surface area contributed by atoms with Crippen LogP contribution in [0.4, 0.5) is 4.79 Å². The highest BCUT2D eigenvalue weighted by Crippen LogP contribution is 2.29. The van der Waals surface area contributed by atoms with Crippen molar-refractivity contribution >= 4 is 29.3 Å². The molecule has 154 valence electrons. The average Bonchev–Trinajstić information content (AvgIpc) is 3.23. The zero-order valence-corrected chi connectivity index (χ0v) is 17.5. The Kier molecular flexibility index (Phi) is 6.83. The van der Waals surface area contributed by atoms with E-state index in [1.165, 1.54) is 22.2 Å². The molecule has 0 radical (unpaired) electrons. The SMILES string of the molecule is Cc1c(CCNC(=O)N[C@@H]2CC[C@@H](N)C2)c2ccccc2n1-c1ccccc1.Cl. The second-order valence-electron chi connectivity index (χ2n) is 7.67. The summed E-state index contributed by atoms with van der Waals surface area (Å²) in [7, 11) is 0. The molecule has 5 nitrogen and oxygen atoms in total. The van der Waals surface area contributed by atoms with Gasteiger partial charge in [-0.05, 0) is 56.4 Å². The quantitative estimate of drug-likeness (QED) is 0.590. The molecule has 0 saturated heterocycles. The monoisotopic (exact) mass is 412 g/mol. The highest BCUT2D eigenvalue weighted by Gasteiger charge is 2.23. The standard InChI is InChI=1S/C23H28N4O.ClH/c1-16-20(13-14-25-23(28)26-18-12-11-17(24)15-18)21-9-5-6-10-22(21)27(16)19-7-3-2-4-8-19;/h2-10,17-18H,11-15,24H2,1H3,(H2,25,26,28);1H/t17-,18-;/m1./s1. The fraction of sp³-hybridized carbons (Fsp3) is 0.348. The van der Waals surface area contributed by atoms with Gasteiger partial charge in [0.1, 0.15) is 0 Å². The average molecular weight is 413 g/mol. The molecule has 0 aliphatic heterocycles. The van der Waals surface area contributed by atoms with Crippen LogP contribution in [0.1, 0.15) is 30.5 Å². The van der Waals surface area contributed by atoms with Crippen LogP contribution >= 0.6 is 12.4 Å². The Morgan fingerprint density at radius 2 is 1.83 bits per heavy atom. The third kappa shape index (κ3) is 4.57. The topological polar surface area (TPSA) is 72.1 Å². The summed E-state index contributed by atoms with van der Waals surface area (Å²) < 4.78 is 2.30. The van der Waals surface area contributed by atoms with Gasteiger partial charge < -0.3 is 20.9 Å². The van der Waals surface area contributed by atoms with Crippen LogP contribution in [-0.4, -0.2) is 29.2 Å². The lowest BCUT2D eigenvalue weighted by atomic mass is 10.1. The summed E-state index contributed by atoms with van der Waals surface area (Å²) in [6, 6.07) is 19.2. The van der Waals surface area contributed by atoms with Crippen molar-refractivity contribution in [3.8, 4) is 5.69 Å². The van der Waals surface area contributed by atoms with Gasteiger partial charge in [-0.1, -0.05) is 36.4 Å². The van der Waals surface area contributed by atoms with Crippen molar-refractivity contribution in [1.29, 1.82) is 0 Å². The minimum Gasteiger partial charge on any atom is -0.338 e. The van der Waals surface area contributed by atoms with Crippen molar-refractivity contribution in [2.24, 2.45) is 5.73 Å². The molecule has 1 fully saturated rings. The highest BCUT2D eigenvalue weighted by atomic mass is 35.5. The first-order valence-electron chi connectivity index (χ1n) is 10.1. The molecule has 1 aliphatic carbocycles. The first-order valence-corrected chi connectivity index (χ1v) is 10.1. The maximum absolute atomic E-state index is 12.2. The van der Waals surface area contributed by atoms with Crippen molar-refractivity contribution in [3.63, 3.8) is 0 Å². The van der Waals surface area contributed by atoms with Gasteiger partial charge in [-0.15, -0.1) is 12.4 Å². The summed E-state index contributed by atoms with van der Waals surface area (Å²) in [6.45, 7) is 2.76. The first-order chi connectivity index (χ1) is 13.6. The summed E-state index contributed by atoms with van der Waals surface area (Å²) in [5.74, 6) is 0. The number of para-hydroxylation sites is 2. The summed E-state index contributed by atoms with van der Waals surface area (Å²) in [5, 5.41) is 7.30. The van der Waals surface area contributed by atoms with Crippen LogP contribution in [0.15, 0.2) is 54.6 Å². The van der Waals surface area contributed by atoms with Crippen molar-refractivity contribution in [2.75, 3.05) is 6.54 Å². The van der Waals surface area contributed by atoms with E-state index in [1.54, 1.807) is 0 Å². The van der Waals surface area contributed by atoms with Gasteiger partial charge in [-0.3, -0.25) is 0 Å². The van der Waals surface area contributed by atoms with Gasteiger partial charge in [0.25, 0.3) is 0 Å². The number of rotatable bonds is 5. The van der Waals surface area contributed by atoms with Crippen LogP contribution in [-0.2, 0) is 6.42 Å². The van der Waals surface area contributed by atoms with E-state index in [0.717, 1.165) is 31.4 Å². The molecule has 1 aromatic heterocycles. The molecule has 0 unspecified atom stereocenters. The summed E-state index contributed by atoms with van der Waals surface area (Å²) >= 11 is 0. The fourth-order valence-corrected chi connectivity index (χ4v) is 4.34. The Morgan fingerprint density at radius 3 is 2.55 bits per heavy atom. The van der Waals surface area contributed by atoms with Crippen LogP contribution in [0.5, 0.6) is 0 Å². The summed E-state index contributed by atoms with van der Waals surface area (Å²) in [5.41, 5.74) is 10.8. The van der Waals surface area contributed by atoms with E-state index in [0.29, 0.717) is 6.54 Å². The van der Waals surface area contributed by atoms with Crippen molar-refractivity contribution in [3.05, 3.63) is 65.9 Å². The summed E-state index contributed by atoms with van der Waals surface area (Å²) in [4.78, 5) is 12.2. The van der Waals surface area contributed by atoms with Gasteiger partial charge in [0.2, 0.25) is 0 Å². The number of fused-ring (bicyclic) bond motifs is 1. The Morgan fingerprint density at radius 1 is 1.10 bits per heavy atom. The number of aromatic nitrogens is 1. The molecule has 6 heteroatoms. The predicted octanol–water partition coefficient (Wildman–Crippen LogP) is 4.08. The third-order valence-electron chi connectivity index (χ3n) is 5.73. The van der Waals surface area contributed by atoms with E-state index in [-0.39, 0.29) is 30.5 Å². The third-order valence-corrected chi connectivity index (χ3v) is 5.73. The molecule has 3 aromatic rings. The van der Waals surface area contributed by atoms with Gasteiger partial charge in [0, 0.05) is 35.4 Å². The number of nitrogens with one attached hydrogen (secondary N) is 2. The van der Waals surface area contributed by atoms with Gasteiger partial charge in [-0.25, -0.2) is 4.79 Å². The maximum Gasteiger partial charge on any atom is 0.315 e. The van der Waals surface area contributed by atoms with E-state index in [2.05, 4.69) is 70.7 Å². The number of nitrogens with zero attached hydrogens (tertiary/aromatic N) is 1. The van der Waals surface area contributed by atoms with Crippen molar-refractivity contribution in [1.82, 2.24) is 15.2 Å². The number of urea groups is 1. The smallest absolute Gasteiger partial charge is 0.315 e.